The van der Waals surface area contributed by atoms with Crippen molar-refractivity contribution in [2.75, 3.05) is 26.7 Å². The molecule has 0 bridgehead atoms. The van der Waals surface area contributed by atoms with Gasteiger partial charge in [0.05, 0.1) is 25.1 Å². The number of hydrogen-bond donors (Lipinski definition) is 12. The molecule has 2 aliphatic rings. The Bertz CT molecular complexity index is 2880. The number of nitrogens with zero attached hydrogens (tertiary/aromatic N) is 3. The Kier molecular flexibility index (Phi) is 25.5. The third-order valence-corrected chi connectivity index (χ3v) is 14.7. The Morgan fingerprint density at radius 3 is 1.56 bits per heavy atom. The normalized spacial score (nSPS) is 17.5. The van der Waals surface area contributed by atoms with Crippen molar-refractivity contribution in [3.63, 3.8) is 0 Å². The maximum Gasteiger partial charge on any atom is 0.336 e. The summed E-state index contributed by atoms with van der Waals surface area (Å²) in [5, 5.41) is 38.9. The topological polar surface area (TPSA) is 403 Å². The predicted molar refractivity (Wildman–Crippen MR) is 312 cm³/mol. The molecular formula is C59H81N13O14. The predicted octanol–water partition coefficient (Wildman–Crippen LogP) is -1.74. The molecule has 27 heteroatoms. The van der Waals surface area contributed by atoms with Gasteiger partial charge in [-0.3, -0.25) is 58.2 Å². The Morgan fingerprint density at radius 1 is 0.558 bits per heavy atom. The molecule has 0 saturated carbocycles. The van der Waals surface area contributed by atoms with Crippen molar-refractivity contribution in [2.45, 2.75) is 146 Å². The fourth-order valence-electron chi connectivity index (χ4n) is 9.96. The number of amides is 12. The van der Waals surface area contributed by atoms with Crippen molar-refractivity contribution >= 4 is 71.1 Å². The van der Waals surface area contributed by atoms with Gasteiger partial charge < -0.3 is 68.7 Å². The summed E-state index contributed by atoms with van der Waals surface area (Å²) in [5.41, 5.74) is 16.4. The molecule has 2 aliphatic heterocycles. The monoisotopic (exact) mass is 1200 g/mol. The first kappa shape index (κ1) is 67.8. The second kappa shape index (κ2) is 32.3. The lowest BCUT2D eigenvalue weighted by atomic mass is 10.00. The van der Waals surface area contributed by atoms with Gasteiger partial charge in [0, 0.05) is 33.0 Å². The fourth-order valence-corrected chi connectivity index (χ4v) is 9.96. The van der Waals surface area contributed by atoms with Crippen LogP contribution in [0.4, 0.5) is 4.79 Å². The number of hydrazine groups is 1. The van der Waals surface area contributed by atoms with Crippen LogP contribution < -0.4 is 54.1 Å². The quantitative estimate of drug-likeness (QED) is 0.0359. The number of rotatable bonds is 28. The number of primary amides is 1. The zero-order valence-electron chi connectivity index (χ0n) is 49.2. The van der Waals surface area contributed by atoms with E-state index in [4.69, 9.17) is 11.5 Å². The van der Waals surface area contributed by atoms with Crippen molar-refractivity contribution in [1.82, 2.24) is 57.5 Å². The molecule has 27 nitrogen and oxygen atoms in total. The van der Waals surface area contributed by atoms with Crippen LogP contribution in [0.25, 0.3) is 0 Å². The number of aliphatic carboxylic acids is 1. The molecule has 14 N–H and O–H groups in total. The van der Waals surface area contributed by atoms with E-state index in [2.05, 4.69) is 42.6 Å². The lowest BCUT2D eigenvalue weighted by molar-refractivity contribution is -0.144. The summed E-state index contributed by atoms with van der Waals surface area (Å²) in [5.74, 6) is -11.0. The van der Waals surface area contributed by atoms with Gasteiger partial charge in [0.1, 0.15) is 48.3 Å². The van der Waals surface area contributed by atoms with Crippen molar-refractivity contribution in [3.05, 3.63) is 108 Å². The fraction of sp³-hybridized carbons (Fsp3) is 0.492. The molecule has 0 radical (unpaired) electrons. The highest BCUT2D eigenvalue weighted by atomic mass is 16.4. The van der Waals surface area contributed by atoms with Crippen LogP contribution >= 0.6 is 0 Å². The molecule has 2 heterocycles. The third kappa shape index (κ3) is 19.8. The van der Waals surface area contributed by atoms with E-state index in [9.17, 15) is 67.7 Å². The molecule has 1 unspecified atom stereocenters. The summed E-state index contributed by atoms with van der Waals surface area (Å²) in [6.45, 7) is 7.21. The summed E-state index contributed by atoms with van der Waals surface area (Å²) in [4.78, 5) is 164. The number of carbonyl (C=O) groups is 12. The Labute approximate surface area is 498 Å². The SMILES string of the molecule is CC(C)[C@H](NC(=O)[C@H](CC(=O)O)NC(=O)[C@@H](NC(=O)[C@@H]1CCCN1C(=O)[C@@H](NC(=O)[C@H](N)Cc1ccccc1)C(C)C)[C@@H](C)O)C(=O)NCC(=O)N1CCC[C@H]1C(=O)NC(Cc1ccccc1)C(=O)NN(C)C(=O)N[C@@H](Cc1ccccc1)C(N)=O. The zero-order valence-corrected chi connectivity index (χ0v) is 49.2. The standard InChI is InChI=1S/C59H81N13O14/c1-33(2)47(66-52(79)42(31-46(75)76)64-57(84)49(35(5)73)68-55(82)44-25-17-27-72(44)58(85)48(34(3)4)67-51(78)39(60)28-36-18-10-7-11-19-36)56(83)62-32-45(74)71-26-16-24-43(71)54(81)63-41(30-38-22-14-9-15-23-38)53(80)69-70(6)59(86)65-40(50(61)77)29-37-20-12-8-13-21-37/h7-15,18-23,33-35,39-44,47-49,73H,16-17,24-32,60H2,1-6H3,(H2,61,77)(H,62,83)(H,63,81)(H,64,84)(H,65,86)(H,66,79)(H,67,78)(H,68,82)(H,69,80)(H,75,76)/t35-,39-,40+,41?,42+,43+,44+,47+,48+,49+/m1/s1. The minimum Gasteiger partial charge on any atom is -0.481 e. The molecule has 0 aromatic heterocycles. The van der Waals surface area contributed by atoms with Gasteiger partial charge in [0.2, 0.25) is 53.2 Å². The lowest BCUT2D eigenvalue weighted by Gasteiger charge is -2.32. The van der Waals surface area contributed by atoms with Gasteiger partial charge in [0.25, 0.3) is 5.91 Å². The van der Waals surface area contributed by atoms with Crippen molar-refractivity contribution in [3.8, 4) is 0 Å². The largest absolute Gasteiger partial charge is 0.481 e. The van der Waals surface area contributed by atoms with Crippen molar-refractivity contribution in [1.29, 1.82) is 0 Å². The second-order valence-electron chi connectivity index (χ2n) is 22.2. The Hall–Kier alpha value is -8.98. The van der Waals surface area contributed by atoms with Crippen molar-refractivity contribution < 1.29 is 67.7 Å². The molecule has 2 saturated heterocycles. The van der Waals surface area contributed by atoms with Crippen LogP contribution in [0.1, 0.15) is 83.4 Å². The van der Waals surface area contributed by atoms with E-state index >= 15 is 0 Å². The first-order valence-electron chi connectivity index (χ1n) is 28.6. The highest BCUT2D eigenvalue weighted by Crippen LogP contribution is 2.22. The van der Waals surface area contributed by atoms with Gasteiger partial charge in [-0.1, -0.05) is 119 Å². The van der Waals surface area contributed by atoms with Crippen LogP contribution in [-0.2, 0) is 72.0 Å². The number of carbonyl (C=O) groups excluding carboxylic acids is 11. The number of nitrogens with one attached hydrogen (secondary N) is 8. The zero-order chi connectivity index (χ0) is 63.4. The summed E-state index contributed by atoms with van der Waals surface area (Å²) >= 11 is 0. The molecule has 12 amide bonds. The van der Waals surface area contributed by atoms with Gasteiger partial charge in [-0.2, -0.15) is 0 Å². The molecule has 466 valence electrons. The smallest absolute Gasteiger partial charge is 0.336 e. The Morgan fingerprint density at radius 2 is 1.05 bits per heavy atom. The molecule has 86 heavy (non-hydrogen) atoms. The number of aliphatic hydroxyl groups excluding tert-OH is 1. The molecule has 3 aromatic rings. The molecular weight excluding hydrogens is 1110 g/mol. The summed E-state index contributed by atoms with van der Waals surface area (Å²) in [7, 11) is 1.23. The minimum atomic E-state index is -1.88. The Balaban J connectivity index is 1.19. The highest BCUT2D eigenvalue weighted by Gasteiger charge is 2.42. The summed E-state index contributed by atoms with van der Waals surface area (Å²) in [6.07, 6.45) is -1.34. The van der Waals surface area contributed by atoms with Crippen molar-refractivity contribution in [2.24, 2.45) is 23.3 Å². The molecule has 5 rings (SSSR count). The third-order valence-electron chi connectivity index (χ3n) is 14.7. The van der Waals surface area contributed by atoms with E-state index in [1.165, 1.54) is 23.8 Å². The van der Waals surface area contributed by atoms with Gasteiger partial charge in [-0.25, -0.2) is 9.80 Å². The highest BCUT2D eigenvalue weighted by molar-refractivity contribution is 5.99. The van der Waals surface area contributed by atoms with E-state index in [0.717, 1.165) is 16.1 Å². The lowest BCUT2D eigenvalue weighted by Crippen LogP contribution is -2.62. The molecule has 2 fully saturated rings. The van der Waals surface area contributed by atoms with Crippen LogP contribution in [0.15, 0.2) is 91.0 Å². The molecule has 0 aliphatic carbocycles. The number of urea groups is 1. The number of nitrogens with two attached hydrogens (primary N) is 2. The number of carboxylic acids is 1. The summed E-state index contributed by atoms with van der Waals surface area (Å²) < 4.78 is 0. The van der Waals surface area contributed by atoms with E-state index in [1.54, 1.807) is 100 Å². The van der Waals surface area contributed by atoms with Crippen LogP contribution in [-0.4, -0.2) is 183 Å². The maximum absolute atomic E-state index is 14.0. The van der Waals surface area contributed by atoms with Crippen LogP contribution in [0.3, 0.4) is 0 Å². The maximum atomic E-state index is 14.0. The number of aliphatic hydroxyl groups is 1. The number of hydrogen-bond acceptors (Lipinski definition) is 14. The van der Waals surface area contributed by atoms with E-state index in [0.29, 0.717) is 18.4 Å². The van der Waals surface area contributed by atoms with E-state index in [1.807, 2.05) is 18.2 Å². The molecule has 0 spiro atoms. The van der Waals surface area contributed by atoms with Crippen LogP contribution in [0.5, 0.6) is 0 Å². The average molecular weight is 1200 g/mol. The average Bonchev–Trinajstić information content (AvgIpc) is 4.11. The van der Waals surface area contributed by atoms with Gasteiger partial charge in [-0.05, 0) is 67.6 Å². The van der Waals surface area contributed by atoms with E-state index < -0.39 is 156 Å². The first-order valence-corrected chi connectivity index (χ1v) is 28.6. The van der Waals surface area contributed by atoms with Crippen LogP contribution in [0.2, 0.25) is 0 Å². The minimum absolute atomic E-state index is 0.0432. The second-order valence-corrected chi connectivity index (χ2v) is 22.2. The van der Waals surface area contributed by atoms with Gasteiger partial charge in [0.15, 0.2) is 0 Å². The number of likely N-dealkylation sites (tertiary alicyclic amines) is 2. The van der Waals surface area contributed by atoms with Gasteiger partial charge >= 0.3 is 12.0 Å². The molecule has 3 aromatic carbocycles. The van der Waals surface area contributed by atoms with Crippen LogP contribution in [0, 0.1) is 11.8 Å². The molecule has 10 atom stereocenters. The number of benzene rings is 3. The number of carboxylic acid groups (broad SMARTS) is 1. The summed E-state index contributed by atoms with van der Waals surface area (Å²) in [6, 6.07) is 13.8. The van der Waals surface area contributed by atoms with Gasteiger partial charge in [-0.15, -0.1) is 0 Å². The van der Waals surface area contributed by atoms with E-state index in [-0.39, 0.29) is 45.2 Å². The first-order chi connectivity index (χ1) is 40.7.